The number of hydrazone groups is 1. The summed E-state index contributed by atoms with van der Waals surface area (Å²) in [5.74, 6) is 0. The Bertz CT molecular complexity index is 112. The van der Waals surface area contributed by atoms with Crippen molar-refractivity contribution in [2.24, 2.45) is 5.10 Å². The molecule has 58 valence electrons. The average molecular weight is 142 g/mol. The maximum Gasteiger partial charge on any atom is 0.229 e. The molecule has 0 aromatic heterocycles. The van der Waals surface area contributed by atoms with E-state index in [0.29, 0.717) is 6.41 Å². The van der Waals surface area contributed by atoms with Gasteiger partial charge in [-0.05, 0) is 12.8 Å². The van der Waals surface area contributed by atoms with Gasteiger partial charge < -0.3 is 0 Å². The van der Waals surface area contributed by atoms with Crippen LogP contribution in [0.25, 0.3) is 0 Å². The van der Waals surface area contributed by atoms with Crippen molar-refractivity contribution in [3.8, 4) is 0 Å². The normalized spacial score (nSPS) is 10.2. The predicted molar refractivity (Wildman–Crippen MR) is 41.8 cm³/mol. The topological polar surface area (TPSA) is 32.7 Å². The Balaban J connectivity index is 3.26. The molecule has 0 aliphatic carbocycles. The predicted octanol–water partition coefficient (Wildman–Crippen LogP) is 1.25. The fraction of sp³-hybridized carbons (Fsp3) is 0.714. The van der Waals surface area contributed by atoms with Gasteiger partial charge in [-0.2, -0.15) is 5.10 Å². The highest BCUT2D eigenvalue weighted by Gasteiger charge is 1.82. The fourth-order valence-corrected chi connectivity index (χ4v) is 0.509. The fourth-order valence-electron chi connectivity index (χ4n) is 0.509. The Kier molecular flexibility index (Phi) is 5.72. The van der Waals surface area contributed by atoms with E-state index in [2.05, 4.69) is 12.0 Å². The van der Waals surface area contributed by atoms with Crippen LogP contribution in [0, 0.1) is 0 Å². The Morgan fingerprint density at radius 3 is 2.80 bits per heavy atom. The minimum atomic E-state index is 0.683. The van der Waals surface area contributed by atoms with E-state index in [9.17, 15) is 4.79 Å². The summed E-state index contributed by atoms with van der Waals surface area (Å²) in [6, 6.07) is 0. The van der Waals surface area contributed by atoms with Gasteiger partial charge in [-0.15, -0.1) is 0 Å². The SMILES string of the molecule is CCCC/C=N/N(C)C=O. The minimum Gasteiger partial charge on any atom is -0.277 e. The van der Waals surface area contributed by atoms with Crippen LogP contribution in [0.1, 0.15) is 26.2 Å². The second-order valence-corrected chi connectivity index (χ2v) is 2.12. The first-order valence-corrected chi connectivity index (χ1v) is 3.51. The maximum absolute atomic E-state index is 9.98. The van der Waals surface area contributed by atoms with Gasteiger partial charge in [0.1, 0.15) is 0 Å². The lowest BCUT2D eigenvalue weighted by Crippen LogP contribution is -2.06. The number of hydrogen-bond acceptors (Lipinski definition) is 2. The molecule has 0 bridgehead atoms. The van der Waals surface area contributed by atoms with Gasteiger partial charge in [0, 0.05) is 13.3 Å². The molecule has 0 saturated carbocycles. The first-order valence-electron chi connectivity index (χ1n) is 3.51. The van der Waals surface area contributed by atoms with Crippen molar-refractivity contribution in [3.63, 3.8) is 0 Å². The average Bonchev–Trinajstić information content (AvgIpc) is 1.98. The zero-order valence-electron chi connectivity index (χ0n) is 6.58. The van der Waals surface area contributed by atoms with E-state index < -0.39 is 0 Å². The van der Waals surface area contributed by atoms with Gasteiger partial charge in [-0.3, -0.25) is 4.79 Å². The molecule has 0 aliphatic rings. The third kappa shape index (κ3) is 5.28. The van der Waals surface area contributed by atoms with E-state index in [1.54, 1.807) is 13.3 Å². The Morgan fingerprint density at radius 1 is 1.60 bits per heavy atom. The molecule has 10 heavy (non-hydrogen) atoms. The van der Waals surface area contributed by atoms with Crippen LogP contribution in [0.5, 0.6) is 0 Å². The van der Waals surface area contributed by atoms with E-state index in [0.717, 1.165) is 19.3 Å². The molecule has 0 aromatic carbocycles. The molecule has 0 aliphatic heterocycles. The van der Waals surface area contributed by atoms with Crippen LogP contribution in [0.15, 0.2) is 5.10 Å². The number of amides is 1. The van der Waals surface area contributed by atoms with Crippen LogP contribution in [-0.2, 0) is 4.79 Å². The van der Waals surface area contributed by atoms with Gasteiger partial charge in [-0.25, -0.2) is 5.01 Å². The van der Waals surface area contributed by atoms with Crippen LogP contribution in [-0.4, -0.2) is 24.7 Å². The lowest BCUT2D eigenvalue weighted by Gasteiger charge is -1.99. The molecule has 3 heteroatoms. The number of nitrogens with zero attached hydrogens (tertiary/aromatic N) is 2. The van der Waals surface area contributed by atoms with Crippen molar-refractivity contribution in [2.45, 2.75) is 26.2 Å². The summed E-state index contributed by atoms with van der Waals surface area (Å²) in [6.07, 6.45) is 5.70. The highest BCUT2D eigenvalue weighted by molar-refractivity contribution is 5.59. The lowest BCUT2D eigenvalue weighted by atomic mass is 10.3. The van der Waals surface area contributed by atoms with Gasteiger partial charge >= 0.3 is 0 Å². The number of rotatable bonds is 5. The quantitative estimate of drug-likeness (QED) is 0.246. The van der Waals surface area contributed by atoms with Crippen molar-refractivity contribution in [3.05, 3.63) is 0 Å². The third-order valence-corrected chi connectivity index (χ3v) is 1.10. The second kappa shape index (κ2) is 6.26. The van der Waals surface area contributed by atoms with Gasteiger partial charge in [0.15, 0.2) is 0 Å². The highest BCUT2D eigenvalue weighted by Crippen LogP contribution is 1.89. The summed E-state index contributed by atoms with van der Waals surface area (Å²) in [4.78, 5) is 9.98. The molecule has 3 nitrogen and oxygen atoms in total. The minimum absolute atomic E-state index is 0.683. The molecule has 0 spiro atoms. The van der Waals surface area contributed by atoms with Gasteiger partial charge in [0.05, 0.1) is 0 Å². The van der Waals surface area contributed by atoms with Gasteiger partial charge in [0.25, 0.3) is 0 Å². The van der Waals surface area contributed by atoms with Gasteiger partial charge in [-0.1, -0.05) is 13.3 Å². The van der Waals surface area contributed by atoms with E-state index in [4.69, 9.17) is 0 Å². The van der Waals surface area contributed by atoms with Crippen molar-refractivity contribution in [1.82, 2.24) is 5.01 Å². The van der Waals surface area contributed by atoms with E-state index in [-0.39, 0.29) is 0 Å². The number of unbranched alkanes of at least 4 members (excludes halogenated alkanes) is 2. The maximum atomic E-state index is 9.98. The standard InChI is InChI=1S/C7H14N2O/c1-3-4-5-6-8-9(2)7-10/h6-7H,3-5H2,1-2H3/b8-6+. The van der Waals surface area contributed by atoms with Crippen molar-refractivity contribution < 1.29 is 4.79 Å². The molecule has 0 fully saturated rings. The summed E-state index contributed by atoms with van der Waals surface area (Å²) in [5, 5.41) is 5.08. The molecule has 0 rings (SSSR count). The Hall–Kier alpha value is -0.860. The summed E-state index contributed by atoms with van der Waals surface area (Å²) in [6.45, 7) is 2.12. The molecule has 0 N–H and O–H groups in total. The first kappa shape index (κ1) is 9.14. The number of carbonyl (C=O) groups excluding carboxylic acids is 1. The number of carbonyl (C=O) groups is 1. The second-order valence-electron chi connectivity index (χ2n) is 2.12. The molecule has 1 amide bonds. The summed E-state index contributed by atoms with van der Waals surface area (Å²) < 4.78 is 0. The van der Waals surface area contributed by atoms with Crippen LogP contribution in [0.3, 0.4) is 0 Å². The van der Waals surface area contributed by atoms with Crippen LogP contribution in [0.4, 0.5) is 0 Å². The summed E-state index contributed by atoms with van der Waals surface area (Å²) >= 11 is 0. The smallest absolute Gasteiger partial charge is 0.229 e. The third-order valence-electron chi connectivity index (χ3n) is 1.10. The largest absolute Gasteiger partial charge is 0.277 e. The van der Waals surface area contributed by atoms with Crippen molar-refractivity contribution in [2.75, 3.05) is 7.05 Å². The highest BCUT2D eigenvalue weighted by atomic mass is 16.1. The molecular weight excluding hydrogens is 128 g/mol. The lowest BCUT2D eigenvalue weighted by molar-refractivity contribution is -0.116. The molecule has 0 unspecified atom stereocenters. The van der Waals surface area contributed by atoms with Crippen LogP contribution >= 0.6 is 0 Å². The van der Waals surface area contributed by atoms with E-state index in [1.165, 1.54) is 5.01 Å². The molecule has 0 heterocycles. The zero-order valence-corrected chi connectivity index (χ0v) is 6.58. The summed E-state index contributed by atoms with van der Waals surface area (Å²) in [7, 11) is 1.62. The van der Waals surface area contributed by atoms with Crippen molar-refractivity contribution in [1.29, 1.82) is 0 Å². The van der Waals surface area contributed by atoms with Crippen molar-refractivity contribution >= 4 is 12.6 Å². The molecule has 0 aromatic rings. The van der Waals surface area contributed by atoms with E-state index in [1.807, 2.05) is 0 Å². The Morgan fingerprint density at radius 2 is 2.30 bits per heavy atom. The Labute approximate surface area is 61.7 Å². The van der Waals surface area contributed by atoms with Gasteiger partial charge in [0.2, 0.25) is 6.41 Å². The monoisotopic (exact) mass is 142 g/mol. The van der Waals surface area contributed by atoms with Crippen LogP contribution in [0.2, 0.25) is 0 Å². The zero-order chi connectivity index (χ0) is 7.82. The number of hydrogen-bond donors (Lipinski definition) is 0. The molecule has 0 saturated heterocycles. The van der Waals surface area contributed by atoms with E-state index >= 15 is 0 Å². The molecule has 0 atom stereocenters. The first-order chi connectivity index (χ1) is 4.81. The summed E-state index contributed by atoms with van der Waals surface area (Å²) in [5.41, 5.74) is 0. The van der Waals surface area contributed by atoms with Crippen LogP contribution < -0.4 is 0 Å². The molecule has 0 radical (unpaired) electrons. The molecular formula is C7H14N2O.